The molecular weight excluding hydrogens is 270 g/mol. The molecule has 1 atom stereocenters. The predicted molar refractivity (Wildman–Crippen MR) is 73.9 cm³/mol. The van der Waals surface area contributed by atoms with Crippen LogP contribution >= 0.6 is 22.9 Å². The molecular formula is C13H18ClNO2S. The highest BCUT2D eigenvalue weighted by Crippen LogP contribution is 2.32. The fraction of sp³-hybridized carbons (Fsp3) is 0.615. The minimum atomic E-state index is -0.781. The third-order valence-corrected chi connectivity index (χ3v) is 4.84. The lowest BCUT2D eigenvalue weighted by molar-refractivity contribution is -0.126. The molecule has 0 radical (unpaired) electrons. The first-order valence-corrected chi connectivity index (χ1v) is 7.45. The van der Waals surface area contributed by atoms with Crippen molar-refractivity contribution in [1.82, 2.24) is 5.32 Å². The Labute approximate surface area is 116 Å². The SMILES string of the molecule is CC(NC(=O)CC1(O)CCCC1)c1ccc(Cl)s1. The predicted octanol–water partition coefficient (Wildman–Crippen LogP) is 3.27. The van der Waals surface area contributed by atoms with Crippen molar-refractivity contribution in [3.63, 3.8) is 0 Å². The van der Waals surface area contributed by atoms with Crippen molar-refractivity contribution in [3.8, 4) is 0 Å². The molecule has 1 aromatic rings. The Morgan fingerprint density at radius 2 is 2.22 bits per heavy atom. The van der Waals surface area contributed by atoms with Crippen LogP contribution in [0.3, 0.4) is 0 Å². The van der Waals surface area contributed by atoms with E-state index in [9.17, 15) is 9.90 Å². The van der Waals surface area contributed by atoms with Crippen LogP contribution in [0.15, 0.2) is 12.1 Å². The first-order valence-electron chi connectivity index (χ1n) is 6.25. The fourth-order valence-electron chi connectivity index (χ4n) is 2.43. The van der Waals surface area contributed by atoms with Gasteiger partial charge in [0.05, 0.1) is 22.4 Å². The summed E-state index contributed by atoms with van der Waals surface area (Å²) in [5.41, 5.74) is -0.781. The minimum Gasteiger partial charge on any atom is -0.389 e. The fourth-order valence-corrected chi connectivity index (χ4v) is 3.50. The molecule has 1 aliphatic rings. The zero-order valence-electron chi connectivity index (χ0n) is 10.4. The van der Waals surface area contributed by atoms with Gasteiger partial charge in [0, 0.05) is 4.88 Å². The summed E-state index contributed by atoms with van der Waals surface area (Å²) in [5.74, 6) is -0.0866. The first kappa shape index (κ1) is 13.8. The molecule has 1 aliphatic carbocycles. The summed E-state index contributed by atoms with van der Waals surface area (Å²) < 4.78 is 0.723. The summed E-state index contributed by atoms with van der Waals surface area (Å²) in [6.07, 6.45) is 3.70. The monoisotopic (exact) mass is 287 g/mol. The molecule has 1 saturated carbocycles. The van der Waals surface area contributed by atoms with Crippen LogP contribution in [0.1, 0.15) is 49.9 Å². The van der Waals surface area contributed by atoms with E-state index in [0.29, 0.717) is 0 Å². The normalized spacial score (nSPS) is 19.7. The molecule has 1 unspecified atom stereocenters. The average Bonchev–Trinajstić information content (AvgIpc) is 2.87. The van der Waals surface area contributed by atoms with E-state index in [-0.39, 0.29) is 18.4 Å². The molecule has 0 aliphatic heterocycles. The third-order valence-electron chi connectivity index (χ3n) is 3.42. The smallest absolute Gasteiger partial charge is 0.223 e. The topological polar surface area (TPSA) is 49.3 Å². The Morgan fingerprint density at radius 1 is 1.56 bits per heavy atom. The van der Waals surface area contributed by atoms with Gasteiger partial charge in [0.15, 0.2) is 0 Å². The van der Waals surface area contributed by atoms with Gasteiger partial charge in [-0.1, -0.05) is 24.4 Å². The molecule has 5 heteroatoms. The van der Waals surface area contributed by atoms with Crippen LogP contribution < -0.4 is 5.32 Å². The van der Waals surface area contributed by atoms with Crippen molar-refractivity contribution in [2.75, 3.05) is 0 Å². The minimum absolute atomic E-state index is 0.0556. The van der Waals surface area contributed by atoms with Gasteiger partial charge < -0.3 is 10.4 Å². The van der Waals surface area contributed by atoms with E-state index in [4.69, 9.17) is 11.6 Å². The van der Waals surface area contributed by atoms with Gasteiger partial charge in [0.2, 0.25) is 5.91 Å². The van der Waals surface area contributed by atoms with Crippen LogP contribution in [0.4, 0.5) is 0 Å². The molecule has 1 heterocycles. The molecule has 0 bridgehead atoms. The van der Waals surface area contributed by atoms with Crippen molar-refractivity contribution in [3.05, 3.63) is 21.3 Å². The maximum atomic E-state index is 11.9. The number of carbonyl (C=O) groups is 1. The molecule has 0 spiro atoms. The lowest BCUT2D eigenvalue weighted by Gasteiger charge is -2.22. The van der Waals surface area contributed by atoms with Gasteiger partial charge >= 0.3 is 0 Å². The van der Waals surface area contributed by atoms with Crippen molar-refractivity contribution in [1.29, 1.82) is 0 Å². The Bertz CT molecular complexity index is 426. The van der Waals surface area contributed by atoms with Crippen LogP contribution in [0.25, 0.3) is 0 Å². The van der Waals surface area contributed by atoms with Gasteiger partial charge in [-0.2, -0.15) is 0 Å². The van der Waals surface area contributed by atoms with E-state index < -0.39 is 5.60 Å². The van der Waals surface area contributed by atoms with Gasteiger partial charge in [-0.15, -0.1) is 11.3 Å². The van der Waals surface area contributed by atoms with E-state index in [1.54, 1.807) is 0 Å². The molecule has 3 nitrogen and oxygen atoms in total. The van der Waals surface area contributed by atoms with E-state index in [1.165, 1.54) is 11.3 Å². The van der Waals surface area contributed by atoms with Gasteiger partial charge in [0.1, 0.15) is 0 Å². The standard InChI is InChI=1S/C13H18ClNO2S/c1-9(10-4-5-11(14)18-10)15-12(16)8-13(17)6-2-3-7-13/h4-5,9,17H,2-3,6-8H2,1H3,(H,15,16). The van der Waals surface area contributed by atoms with Crippen molar-refractivity contribution in [2.24, 2.45) is 0 Å². The second kappa shape index (κ2) is 5.59. The molecule has 1 fully saturated rings. The van der Waals surface area contributed by atoms with Crippen LogP contribution in [0, 0.1) is 0 Å². The third kappa shape index (κ3) is 3.46. The molecule has 2 rings (SSSR count). The van der Waals surface area contributed by atoms with Crippen molar-refractivity contribution >= 4 is 28.8 Å². The average molecular weight is 288 g/mol. The number of hydrogen-bond donors (Lipinski definition) is 2. The van der Waals surface area contributed by atoms with Gasteiger partial charge in [-0.25, -0.2) is 0 Å². The van der Waals surface area contributed by atoms with E-state index >= 15 is 0 Å². The number of carbonyl (C=O) groups excluding carboxylic acids is 1. The lowest BCUT2D eigenvalue weighted by atomic mass is 9.97. The summed E-state index contributed by atoms with van der Waals surface area (Å²) in [6, 6.07) is 3.69. The number of aliphatic hydroxyl groups is 1. The zero-order valence-corrected chi connectivity index (χ0v) is 12.0. The van der Waals surface area contributed by atoms with Crippen LogP contribution in [0.2, 0.25) is 4.34 Å². The molecule has 100 valence electrons. The van der Waals surface area contributed by atoms with Crippen molar-refractivity contribution < 1.29 is 9.90 Å². The molecule has 1 amide bonds. The Balaban J connectivity index is 1.87. The number of nitrogens with one attached hydrogen (secondary N) is 1. The quantitative estimate of drug-likeness (QED) is 0.893. The van der Waals surface area contributed by atoms with Gasteiger partial charge in [-0.05, 0) is 31.9 Å². The summed E-state index contributed by atoms with van der Waals surface area (Å²) in [6.45, 7) is 1.93. The largest absolute Gasteiger partial charge is 0.389 e. The highest BCUT2D eigenvalue weighted by molar-refractivity contribution is 7.16. The Hall–Kier alpha value is -0.580. The van der Waals surface area contributed by atoms with Crippen LogP contribution in [0.5, 0.6) is 0 Å². The van der Waals surface area contributed by atoms with Crippen LogP contribution in [-0.2, 0) is 4.79 Å². The van der Waals surface area contributed by atoms with Gasteiger partial charge in [-0.3, -0.25) is 4.79 Å². The van der Waals surface area contributed by atoms with E-state index in [2.05, 4.69) is 5.32 Å². The number of rotatable bonds is 4. The number of thiophene rings is 1. The summed E-state index contributed by atoms with van der Waals surface area (Å²) >= 11 is 7.33. The van der Waals surface area contributed by atoms with E-state index in [1.807, 2.05) is 19.1 Å². The highest BCUT2D eigenvalue weighted by atomic mass is 35.5. The number of halogens is 1. The first-order chi connectivity index (χ1) is 8.48. The molecule has 2 N–H and O–H groups in total. The van der Waals surface area contributed by atoms with Crippen molar-refractivity contribution in [2.45, 2.75) is 50.7 Å². The number of hydrogen-bond acceptors (Lipinski definition) is 3. The second-order valence-electron chi connectivity index (χ2n) is 5.04. The van der Waals surface area contributed by atoms with E-state index in [0.717, 1.165) is 34.9 Å². The van der Waals surface area contributed by atoms with Crippen LogP contribution in [-0.4, -0.2) is 16.6 Å². The second-order valence-corrected chi connectivity index (χ2v) is 6.79. The number of amides is 1. The zero-order chi connectivity index (χ0) is 13.2. The summed E-state index contributed by atoms with van der Waals surface area (Å²) in [7, 11) is 0. The maximum Gasteiger partial charge on any atom is 0.223 e. The summed E-state index contributed by atoms with van der Waals surface area (Å²) in [4.78, 5) is 12.9. The Kier molecular flexibility index (Phi) is 4.30. The van der Waals surface area contributed by atoms with Gasteiger partial charge in [0.25, 0.3) is 0 Å². The molecule has 18 heavy (non-hydrogen) atoms. The molecule has 0 aromatic carbocycles. The molecule has 1 aromatic heterocycles. The molecule has 0 saturated heterocycles. The lowest BCUT2D eigenvalue weighted by Crippen LogP contribution is -2.35. The maximum absolute atomic E-state index is 11.9. The Morgan fingerprint density at radius 3 is 2.78 bits per heavy atom. The summed E-state index contributed by atoms with van der Waals surface area (Å²) in [5, 5.41) is 13.1. The highest BCUT2D eigenvalue weighted by Gasteiger charge is 2.33.